The van der Waals surface area contributed by atoms with E-state index in [0.717, 1.165) is 11.4 Å². The molecule has 1 aromatic rings. The summed E-state index contributed by atoms with van der Waals surface area (Å²) in [4.78, 5) is 8.42. The van der Waals surface area contributed by atoms with E-state index in [2.05, 4.69) is 23.8 Å². The van der Waals surface area contributed by atoms with Gasteiger partial charge in [0.1, 0.15) is 6.33 Å². The van der Waals surface area contributed by atoms with Gasteiger partial charge in [-0.25, -0.2) is 9.97 Å². The van der Waals surface area contributed by atoms with E-state index in [1.807, 2.05) is 26.8 Å². The van der Waals surface area contributed by atoms with Crippen LogP contribution in [0.5, 0.6) is 0 Å². The van der Waals surface area contributed by atoms with Crippen molar-refractivity contribution in [3.63, 3.8) is 0 Å². The van der Waals surface area contributed by atoms with Gasteiger partial charge in [-0.1, -0.05) is 34.6 Å². The van der Waals surface area contributed by atoms with Crippen molar-refractivity contribution in [1.82, 2.24) is 9.97 Å². The van der Waals surface area contributed by atoms with Crippen molar-refractivity contribution in [1.29, 1.82) is 0 Å². The maximum Gasteiger partial charge on any atom is 0.115 e. The monoisotopic (exact) mass is 222 g/mol. The molecule has 1 rings (SSSR count). The zero-order chi connectivity index (χ0) is 12.3. The minimum absolute atomic E-state index is 0.108. The fourth-order valence-electron chi connectivity index (χ4n) is 1.35. The lowest BCUT2D eigenvalue weighted by Gasteiger charge is -2.25. The molecule has 0 aliphatic rings. The number of hydrogen-bond donors (Lipinski definition) is 1. The quantitative estimate of drug-likeness (QED) is 0.855. The summed E-state index contributed by atoms with van der Waals surface area (Å²) in [6.45, 7) is 10.3. The van der Waals surface area contributed by atoms with Gasteiger partial charge in [-0.2, -0.15) is 0 Å². The Morgan fingerprint density at radius 3 is 2.38 bits per heavy atom. The molecule has 1 atom stereocenters. The molecule has 1 aromatic heterocycles. The molecule has 0 amide bonds. The molecule has 0 aromatic carbocycles. The van der Waals surface area contributed by atoms with Crippen molar-refractivity contribution in [2.75, 3.05) is 0 Å². The second kappa shape index (κ2) is 4.91. The van der Waals surface area contributed by atoms with Gasteiger partial charge in [-0.05, 0) is 17.4 Å². The third-order valence-corrected chi connectivity index (χ3v) is 2.74. The summed E-state index contributed by atoms with van der Waals surface area (Å²) in [5, 5.41) is 10.0. The molecule has 0 saturated carbocycles. The number of nitrogens with zero attached hydrogens (tertiary/aromatic N) is 2. The summed E-state index contributed by atoms with van der Waals surface area (Å²) < 4.78 is 0. The van der Waals surface area contributed by atoms with Crippen LogP contribution in [0, 0.1) is 5.41 Å². The fourth-order valence-corrected chi connectivity index (χ4v) is 1.35. The summed E-state index contributed by atoms with van der Waals surface area (Å²) in [5.74, 6) is 0.397. The van der Waals surface area contributed by atoms with Crippen LogP contribution in [0.1, 0.15) is 51.9 Å². The highest BCUT2D eigenvalue weighted by molar-refractivity contribution is 5.12. The van der Waals surface area contributed by atoms with Crippen LogP contribution >= 0.6 is 0 Å². The Labute approximate surface area is 97.9 Å². The van der Waals surface area contributed by atoms with Gasteiger partial charge in [-0.15, -0.1) is 0 Å². The van der Waals surface area contributed by atoms with E-state index < -0.39 is 0 Å². The molecule has 0 aliphatic heterocycles. The van der Waals surface area contributed by atoms with E-state index in [1.165, 1.54) is 0 Å². The Morgan fingerprint density at radius 1 is 1.25 bits per heavy atom. The topological polar surface area (TPSA) is 46.0 Å². The number of rotatable bonds is 3. The Kier molecular flexibility index (Phi) is 4.03. The van der Waals surface area contributed by atoms with Gasteiger partial charge in [0.15, 0.2) is 0 Å². The summed E-state index contributed by atoms with van der Waals surface area (Å²) in [5.41, 5.74) is 1.84. The van der Waals surface area contributed by atoms with Crippen LogP contribution in [-0.4, -0.2) is 21.2 Å². The molecule has 0 aliphatic carbocycles. The van der Waals surface area contributed by atoms with Crippen LogP contribution in [0.2, 0.25) is 0 Å². The Hall–Kier alpha value is -0.960. The van der Waals surface area contributed by atoms with Crippen molar-refractivity contribution >= 4 is 0 Å². The summed E-state index contributed by atoms with van der Waals surface area (Å²) >= 11 is 0. The van der Waals surface area contributed by atoms with Crippen LogP contribution in [0.3, 0.4) is 0 Å². The minimum Gasteiger partial charge on any atom is -0.392 e. The lowest BCUT2D eigenvalue weighted by atomic mass is 9.86. The molecule has 90 valence electrons. The summed E-state index contributed by atoms with van der Waals surface area (Å²) in [7, 11) is 0. The van der Waals surface area contributed by atoms with Crippen LogP contribution in [-0.2, 0) is 6.42 Å². The van der Waals surface area contributed by atoms with E-state index in [9.17, 15) is 5.11 Å². The first-order valence-corrected chi connectivity index (χ1v) is 5.79. The van der Waals surface area contributed by atoms with Crippen LogP contribution in [0.15, 0.2) is 12.4 Å². The van der Waals surface area contributed by atoms with Crippen molar-refractivity contribution in [2.24, 2.45) is 5.41 Å². The molecule has 0 spiro atoms. The predicted octanol–water partition coefficient (Wildman–Crippen LogP) is 2.55. The molecule has 3 heteroatoms. The smallest absolute Gasteiger partial charge is 0.115 e. The zero-order valence-electron chi connectivity index (χ0n) is 10.9. The lowest BCUT2D eigenvalue weighted by molar-refractivity contribution is 0.0627. The molecule has 1 heterocycles. The SMILES string of the molecule is CC(C)c1cc(CC(O)C(C)(C)C)ncn1. The third-order valence-electron chi connectivity index (χ3n) is 2.74. The highest BCUT2D eigenvalue weighted by atomic mass is 16.3. The number of hydrogen-bond acceptors (Lipinski definition) is 3. The molecular formula is C13H22N2O. The average Bonchev–Trinajstić information content (AvgIpc) is 2.16. The largest absolute Gasteiger partial charge is 0.392 e. The van der Waals surface area contributed by atoms with Gasteiger partial charge in [0, 0.05) is 17.8 Å². The third kappa shape index (κ3) is 3.56. The lowest BCUT2D eigenvalue weighted by Crippen LogP contribution is -2.28. The zero-order valence-corrected chi connectivity index (χ0v) is 10.9. The van der Waals surface area contributed by atoms with E-state index in [4.69, 9.17) is 0 Å². The van der Waals surface area contributed by atoms with E-state index in [1.54, 1.807) is 6.33 Å². The van der Waals surface area contributed by atoms with E-state index in [-0.39, 0.29) is 11.5 Å². The predicted molar refractivity (Wildman–Crippen MR) is 65.3 cm³/mol. The number of aliphatic hydroxyl groups is 1. The van der Waals surface area contributed by atoms with Gasteiger partial charge in [0.25, 0.3) is 0 Å². The molecule has 0 saturated heterocycles. The highest BCUT2D eigenvalue weighted by Gasteiger charge is 2.22. The molecule has 0 fully saturated rings. The molecule has 3 nitrogen and oxygen atoms in total. The molecule has 0 radical (unpaired) electrons. The maximum absolute atomic E-state index is 10.0. The first-order valence-electron chi connectivity index (χ1n) is 5.79. The Bertz CT molecular complexity index is 342. The van der Waals surface area contributed by atoms with Crippen LogP contribution in [0.4, 0.5) is 0 Å². The normalized spacial score (nSPS) is 14.2. The van der Waals surface area contributed by atoms with Crippen molar-refractivity contribution in [2.45, 2.75) is 53.1 Å². The molecule has 1 N–H and O–H groups in total. The number of aliphatic hydroxyl groups excluding tert-OH is 1. The van der Waals surface area contributed by atoms with Crippen molar-refractivity contribution in [3.8, 4) is 0 Å². The van der Waals surface area contributed by atoms with E-state index in [0.29, 0.717) is 12.3 Å². The molecule has 0 bridgehead atoms. The molecular weight excluding hydrogens is 200 g/mol. The Morgan fingerprint density at radius 2 is 1.88 bits per heavy atom. The van der Waals surface area contributed by atoms with Gasteiger partial charge >= 0.3 is 0 Å². The maximum atomic E-state index is 10.0. The van der Waals surface area contributed by atoms with Crippen molar-refractivity contribution < 1.29 is 5.11 Å². The highest BCUT2D eigenvalue weighted by Crippen LogP contribution is 2.22. The fraction of sp³-hybridized carbons (Fsp3) is 0.692. The van der Waals surface area contributed by atoms with Gasteiger partial charge in [0.2, 0.25) is 0 Å². The van der Waals surface area contributed by atoms with Gasteiger partial charge in [0.05, 0.1) is 6.10 Å². The first kappa shape index (κ1) is 13.1. The van der Waals surface area contributed by atoms with Crippen molar-refractivity contribution in [3.05, 3.63) is 23.8 Å². The second-order valence-electron chi connectivity index (χ2n) is 5.67. The summed E-state index contributed by atoms with van der Waals surface area (Å²) in [6, 6.07) is 1.99. The van der Waals surface area contributed by atoms with Gasteiger partial charge < -0.3 is 5.11 Å². The van der Waals surface area contributed by atoms with Crippen LogP contribution in [0.25, 0.3) is 0 Å². The average molecular weight is 222 g/mol. The Balaban J connectivity index is 2.78. The molecule has 1 unspecified atom stereocenters. The number of aromatic nitrogens is 2. The van der Waals surface area contributed by atoms with E-state index >= 15 is 0 Å². The first-order chi connectivity index (χ1) is 7.30. The standard InChI is InChI=1S/C13H22N2O/c1-9(2)11-6-10(14-8-15-11)7-12(16)13(3,4)5/h6,8-9,12,16H,7H2,1-5H3. The molecule has 16 heavy (non-hydrogen) atoms. The van der Waals surface area contributed by atoms with Gasteiger partial charge in [-0.3, -0.25) is 0 Å². The minimum atomic E-state index is -0.373. The van der Waals surface area contributed by atoms with Crippen LogP contribution < -0.4 is 0 Å². The summed E-state index contributed by atoms with van der Waals surface area (Å²) in [6.07, 6.45) is 1.80. The second-order valence-corrected chi connectivity index (χ2v) is 5.67.